The van der Waals surface area contributed by atoms with Crippen molar-refractivity contribution in [2.24, 2.45) is 0 Å². The first-order valence-corrected chi connectivity index (χ1v) is 9.54. The van der Waals surface area contributed by atoms with E-state index in [-0.39, 0.29) is 0 Å². The van der Waals surface area contributed by atoms with Crippen molar-refractivity contribution < 1.29 is 0 Å². The SMILES string of the molecule is CCCNC(C)c1cccc(SCc2sccc2Br)c1. The van der Waals surface area contributed by atoms with Gasteiger partial charge in [-0.05, 0) is 65.0 Å². The Morgan fingerprint density at radius 1 is 1.35 bits per heavy atom. The molecule has 1 aromatic carbocycles. The Morgan fingerprint density at radius 2 is 2.20 bits per heavy atom. The number of nitrogens with one attached hydrogen (secondary N) is 1. The molecule has 0 amide bonds. The lowest BCUT2D eigenvalue weighted by Crippen LogP contribution is -2.19. The molecule has 0 saturated heterocycles. The van der Waals surface area contributed by atoms with E-state index in [2.05, 4.69) is 70.8 Å². The molecule has 4 heteroatoms. The van der Waals surface area contributed by atoms with Gasteiger partial charge in [-0.3, -0.25) is 0 Å². The van der Waals surface area contributed by atoms with E-state index in [0.29, 0.717) is 6.04 Å². The third-order valence-electron chi connectivity index (χ3n) is 3.12. The molecule has 0 bridgehead atoms. The van der Waals surface area contributed by atoms with Gasteiger partial charge >= 0.3 is 0 Å². The van der Waals surface area contributed by atoms with Gasteiger partial charge in [0.15, 0.2) is 0 Å². The van der Waals surface area contributed by atoms with Gasteiger partial charge in [-0.1, -0.05) is 19.1 Å². The molecular formula is C16H20BrNS2. The first-order valence-electron chi connectivity index (χ1n) is 6.88. The maximum atomic E-state index is 3.59. The number of benzene rings is 1. The van der Waals surface area contributed by atoms with Crippen LogP contribution in [0.4, 0.5) is 0 Å². The molecule has 2 rings (SSSR count). The van der Waals surface area contributed by atoms with Crippen molar-refractivity contribution in [1.82, 2.24) is 5.32 Å². The first-order chi connectivity index (χ1) is 9.70. The zero-order valence-corrected chi connectivity index (χ0v) is 15.1. The predicted molar refractivity (Wildman–Crippen MR) is 94.7 cm³/mol. The minimum atomic E-state index is 0.420. The number of hydrogen-bond acceptors (Lipinski definition) is 3. The summed E-state index contributed by atoms with van der Waals surface area (Å²) in [6, 6.07) is 11.4. The van der Waals surface area contributed by atoms with Gasteiger partial charge in [0.05, 0.1) is 0 Å². The summed E-state index contributed by atoms with van der Waals surface area (Å²) >= 11 is 7.30. The Kier molecular flexibility index (Phi) is 6.62. The molecular weight excluding hydrogens is 350 g/mol. The van der Waals surface area contributed by atoms with Crippen molar-refractivity contribution in [3.63, 3.8) is 0 Å². The maximum Gasteiger partial charge on any atom is 0.0337 e. The summed E-state index contributed by atoms with van der Waals surface area (Å²) in [5, 5.41) is 5.67. The van der Waals surface area contributed by atoms with Crippen LogP contribution in [0.1, 0.15) is 36.8 Å². The molecule has 1 heterocycles. The smallest absolute Gasteiger partial charge is 0.0337 e. The van der Waals surface area contributed by atoms with Crippen molar-refractivity contribution in [3.8, 4) is 0 Å². The van der Waals surface area contributed by atoms with E-state index in [1.807, 2.05) is 23.1 Å². The van der Waals surface area contributed by atoms with Gasteiger partial charge in [0.1, 0.15) is 0 Å². The summed E-state index contributed by atoms with van der Waals surface area (Å²) in [7, 11) is 0. The van der Waals surface area contributed by atoms with Gasteiger partial charge in [0, 0.05) is 26.0 Å². The highest BCUT2D eigenvalue weighted by molar-refractivity contribution is 9.10. The summed E-state index contributed by atoms with van der Waals surface area (Å²) in [6.45, 7) is 5.50. The van der Waals surface area contributed by atoms with Gasteiger partial charge in [-0.25, -0.2) is 0 Å². The molecule has 0 aliphatic carbocycles. The monoisotopic (exact) mass is 369 g/mol. The summed E-state index contributed by atoms with van der Waals surface area (Å²) in [5.41, 5.74) is 1.37. The molecule has 0 saturated carbocycles. The standard InChI is InChI=1S/C16H20BrNS2/c1-3-8-18-12(2)13-5-4-6-14(10-13)20-11-16-15(17)7-9-19-16/h4-7,9-10,12,18H,3,8,11H2,1-2H3. The van der Waals surface area contributed by atoms with Crippen molar-refractivity contribution in [2.75, 3.05) is 6.54 Å². The molecule has 1 unspecified atom stereocenters. The fraction of sp³-hybridized carbons (Fsp3) is 0.375. The van der Waals surface area contributed by atoms with Gasteiger partial charge < -0.3 is 5.32 Å². The van der Waals surface area contributed by atoms with Crippen molar-refractivity contribution >= 4 is 39.0 Å². The zero-order chi connectivity index (χ0) is 14.4. The Hall–Kier alpha value is -0.290. The van der Waals surface area contributed by atoms with Crippen LogP contribution in [0.15, 0.2) is 45.1 Å². The number of hydrogen-bond donors (Lipinski definition) is 1. The Morgan fingerprint density at radius 3 is 2.90 bits per heavy atom. The third-order valence-corrected chi connectivity index (χ3v) is 6.25. The van der Waals surface area contributed by atoms with Gasteiger partial charge in [-0.15, -0.1) is 23.1 Å². The molecule has 1 atom stereocenters. The van der Waals surface area contributed by atoms with Gasteiger partial charge in [-0.2, -0.15) is 0 Å². The molecule has 0 spiro atoms. The molecule has 1 aromatic heterocycles. The molecule has 1 N–H and O–H groups in total. The normalized spacial score (nSPS) is 12.6. The Labute approximate surface area is 138 Å². The van der Waals surface area contributed by atoms with Crippen molar-refractivity contribution in [1.29, 1.82) is 0 Å². The molecule has 0 aliphatic heterocycles. The molecule has 0 radical (unpaired) electrons. The van der Waals surface area contributed by atoms with Crippen LogP contribution >= 0.6 is 39.0 Å². The number of rotatable bonds is 7. The number of thioether (sulfide) groups is 1. The minimum absolute atomic E-state index is 0.420. The quantitative estimate of drug-likeness (QED) is 0.613. The van der Waals surface area contributed by atoms with Gasteiger partial charge in [0.2, 0.25) is 0 Å². The molecule has 108 valence electrons. The number of halogens is 1. The highest BCUT2D eigenvalue weighted by Gasteiger charge is 2.06. The molecule has 2 aromatic rings. The summed E-state index contributed by atoms with van der Waals surface area (Å²) < 4.78 is 1.23. The van der Waals surface area contributed by atoms with Crippen LogP contribution in [0.3, 0.4) is 0 Å². The second kappa shape index (κ2) is 8.23. The topological polar surface area (TPSA) is 12.0 Å². The molecule has 0 fully saturated rings. The highest BCUT2D eigenvalue weighted by atomic mass is 79.9. The molecule has 1 nitrogen and oxygen atoms in total. The third kappa shape index (κ3) is 4.62. The number of thiophene rings is 1. The largest absolute Gasteiger partial charge is 0.310 e. The summed E-state index contributed by atoms with van der Waals surface area (Å²) in [5.74, 6) is 1.03. The van der Waals surface area contributed by atoms with Crippen LogP contribution < -0.4 is 5.32 Å². The maximum absolute atomic E-state index is 3.59. The summed E-state index contributed by atoms with van der Waals surface area (Å²) in [6.07, 6.45) is 1.17. The van der Waals surface area contributed by atoms with E-state index in [0.717, 1.165) is 12.3 Å². The van der Waals surface area contributed by atoms with Gasteiger partial charge in [0.25, 0.3) is 0 Å². The van der Waals surface area contributed by atoms with E-state index in [4.69, 9.17) is 0 Å². The van der Waals surface area contributed by atoms with Crippen LogP contribution in [-0.2, 0) is 5.75 Å². The van der Waals surface area contributed by atoms with E-state index >= 15 is 0 Å². The van der Waals surface area contributed by atoms with Crippen LogP contribution in [0, 0.1) is 0 Å². The van der Waals surface area contributed by atoms with Crippen LogP contribution in [0.25, 0.3) is 0 Å². The van der Waals surface area contributed by atoms with E-state index in [1.54, 1.807) is 0 Å². The van der Waals surface area contributed by atoms with Crippen LogP contribution in [0.2, 0.25) is 0 Å². The van der Waals surface area contributed by atoms with Crippen molar-refractivity contribution in [3.05, 3.63) is 50.6 Å². The molecule has 0 aliphatic rings. The average molecular weight is 370 g/mol. The predicted octanol–water partition coefficient (Wildman–Crippen LogP) is 5.86. The van der Waals surface area contributed by atoms with Crippen molar-refractivity contribution in [2.45, 2.75) is 37.0 Å². The van der Waals surface area contributed by atoms with E-state index in [9.17, 15) is 0 Å². The lowest BCUT2D eigenvalue weighted by atomic mass is 10.1. The average Bonchev–Trinajstić information content (AvgIpc) is 2.88. The highest BCUT2D eigenvalue weighted by Crippen LogP contribution is 2.31. The molecule has 20 heavy (non-hydrogen) atoms. The fourth-order valence-electron chi connectivity index (χ4n) is 1.93. The van der Waals surface area contributed by atoms with Crippen LogP contribution in [0.5, 0.6) is 0 Å². The second-order valence-electron chi connectivity index (χ2n) is 4.73. The van der Waals surface area contributed by atoms with E-state index in [1.165, 1.54) is 26.2 Å². The minimum Gasteiger partial charge on any atom is -0.310 e. The first kappa shape index (κ1) is 16.1. The second-order valence-corrected chi connectivity index (χ2v) is 7.63. The van der Waals surface area contributed by atoms with E-state index < -0.39 is 0 Å². The van der Waals surface area contributed by atoms with Crippen LogP contribution in [-0.4, -0.2) is 6.54 Å². The fourth-order valence-corrected chi connectivity index (χ4v) is 4.69. The zero-order valence-electron chi connectivity index (χ0n) is 11.9. The summed E-state index contributed by atoms with van der Waals surface area (Å²) in [4.78, 5) is 2.74. The lowest BCUT2D eigenvalue weighted by molar-refractivity contribution is 0.570. The lowest BCUT2D eigenvalue weighted by Gasteiger charge is -2.14. The Bertz CT molecular complexity index is 539. The Balaban J connectivity index is 1.97.